The van der Waals surface area contributed by atoms with Gasteiger partial charge in [0.25, 0.3) is 15.9 Å². The van der Waals surface area contributed by atoms with Crippen molar-refractivity contribution in [1.82, 2.24) is 14.2 Å². The number of thiazole rings is 1. The number of rotatable bonds is 6. The van der Waals surface area contributed by atoms with Gasteiger partial charge in [-0.1, -0.05) is 12.1 Å². The Labute approximate surface area is 193 Å². The Morgan fingerprint density at radius 3 is 2.58 bits per heavy atom. The quantitative estimate of drug-likeness (QED) is 0.486. The van der Waals surface area contributed by atoms with Gasteiger partial charge in [-0.05, 0) is 31.2 Å². The number of ether oxygens (including phenoxy) is 1. The molecule has 3 aromatic rings. The Kier molecular flexibility index (Phi) is 6.58. The Morgan fingerprint density at radius 2 is 1.88 bits per heavy atom. The number of carbonyl (C=O) groups is 2. The number of sulfonamides is 1. The normalized spacial score (nSPS) is 14.9. The van der Waals surface area contributed by atoms with E-state index in [9.17, 15) is 22.4 Å². The number of furan rings is 1. The first-order valence-electron chi connectivity index (χ1n) is 10.1. The van der Waals surface area contributed by atoms with Gasteiger partial charge in [0.1, 0.15) is 16.5 Å². The molecule has 1 saturated heterocycles. The van der Waals surface area contributed by atoms with Crippen LogP contribution in [0, 0.1) is 5.82 Å². The van der Waals surface area contributed by atoms with E-state index in [1.54, 1.807) is 30.5 Å². The molecular weight excluding hydrogens is 473 g/mol. The number of halogens is 1. The van der Waals surface area contributed by atoms with Crippen LogP contribution in [0.1, 0.15) is 28.0 Å². The SMILES string of the molecule is CCOC(=O)c1ccc(S(=O)(=O)N2CCN(C(=O)c3csc(-c4ccccc4F)n3)CC2)o1. The summed E-state index contributed by atoms with van der Waals surface area (Å²) in [5.41, 5.74) is 0.498. The molecule has 33 heavy (non-hydrogen) atoms. The van der Waals surface area contributed by atoms with Crippen molar-refractivity contribution in [2.24, 2.45) is 0 Å². The molecule has 0 saturated carbocycles. The molecule has 0 unspecified atom stereocenters. The van der Waals surface area contributed by atoms with Crippen molar-refractivity contribution in [1.29, 1.82) is 0 Å². The molecule has 1 aliphatic heterocycles. The molecule has 0 N–H and O–H groups in total. The summed E-state index contributed by atoms with van der Waals surface area (Å²) in [6.45, 7) is 2.16. The molecule has 9 nitrogen and oxygen atoms in total. The van der Waals surface area contributed by atoms with Crippen LogP contribution in [-0.4, -0.2) is 67.3 Å². The van der Waals surface area contributed by atoms with Gasteiger partial charge in [-0.25, -0.2) is 22.6 Å². The molecule has 4 rings (SSSR count). The molecule has 174 valence electrons. The molecule has 0 radical (unpaired) electrons. The lowest BCUT2D eigenvalue weighted by Crippen LogP contribution is -2.50. The number of nitrogens with zero attached hydrogens (tertiary/aromatic N) is 3. The number of esters is 1. The van der Waals surface area contributed by atoms with Crippen LogP contribution in [0.4, 0.5) is 4.39 Å². The maximum absolute atomic E-state index is 14.0. The van der Waals surface area contributed by atoms with Crippen molar-refractivity contribution < 1.29 is 31.6 Å². The minimum Gasteiger partial charge on any atom is -0.460 e. The van der Waals surface area contributed by atoms with Crippen LogP contribution in [0.2, 0.25) is 0 Å². The zero-order valence-corrected chi connectivity index (χ0v) is 19.2. The van der Waals surface area contributed by atoms with Gasteiger partial charge in [0.15, 0.2) is 0 Å². The average molecular weight is 494 g/mol. The Balaban J connectivity index is 1.41. The van der Waals surface area contributed by atoms with Crippen molar-refractivity contribution in [3.8, 4) is 10.6 Å². The Hall–Kier alpha value is -3.09. The number of hydrogen-bond donors (Lipinski definition) is 0. The van der Waals surface area contributed by atoms with Crippen LogP contribution in [0.5, 0.6) is 0 Å². The zero-order valence-electron chi connectivity index (χ0n) is 17.6. The highest BCUT2D eigenvalue weighted by Gasteiger charge is 2.33. The second kappa shape index (κ2) is 9.41. The summed E-state index contributed by atoms with van der Waals surface area (Å²) in [5, 5.41) is 1.60. The lowest BCUT2D eigenvalue weighted by Gasteiger charge is -2.33. The third-order valence-corrected chi connectivity index (χ3v) is 7.65. The third-order valence-electron chi connectivity index (χ3n) is 5.01. The summed E-state index contributed by atoms with van der Waals surface area (Å²) in [6, 6.07) is 8.64. The predicted octanol–water partition coefficient (Wildman–Crippen LogP) is 2.87. The van der Waals surface area contributed by atoms with Gasteiger partial charge in [0.2, 0.25) is 10.9 Å². The summed E-state index contributed by atoms with van der Waals surface area (Å²) in [4.78, 5) is 30.3. The van der Waals surface area contributed by atoms with E-state index in [1.807, 2.05) is 0 Å². The number of hydrogen-bond acceptors (Lipinski definition) is 8. The van der Waals surface area contributed by atoms with E-state index in [1.165, 1.54) is 27.4 Å². The Bertz CT molecular complexity index is 1280. The highest BCUT2D eigenvalue weighted by molar-refractivity contribution is 7.89. The fraction of sp³-hybridized carbons (Fsp3) is 0.286. The predicted molar refractivity (Wildman–Crippen MR) is 117 cm³/mol. The first kappa shape index (κ1) is 23.1. The summed E-state index contributed by atoms with van der Waals surface area (Å²) in [6.07, 6.45) is 0. The zero-order chi connectivity index (χ0) is 23.6. The molecule has 3 heterocycles. The lowest BCUT2D eigenvalue weighted by atomic mass is 10.2. The van der Waals surface area contributed by atoms with Crippen LogP contribution < -0.4 is 0 Å². The minimum atomic E-state index is -3.97. The van der Waals surface area contributed by atoms with E-state index in [4.69, 9.17) is 9.15 Å². The Morgan fingerprint density at radius 1 is 1.15 bits per heavy atom. The molecule has 12 heteroatoms. The van der Waals surface area contributed by atoms with E-state index in [-0.39, 0.29) is 55.2 Å². The number of piperazine rings is 1. The second-order valence-electron chi connectivity index (χ2n) is 7.05. The molecule has 2 aromatic heterocycles. The van der Waals surface area contributed by atoms with Gasteiger partial charge in [0.05, 0.1) is 6.61 Å². The molecule has 1 amide bonds. The maximum atomic E-state index is 14.0. The first-order chi connectivity index (χ1) is 15.8. The van der Waals surface area contributed by atoms with Gasteiger partial charge in [-0.2, -0.15) is 4.31 Å². The standard InChI is InChI=1S/C21H20FN3O6S2/c1-2-30-21(27)17-7-8-18(31-17)33(28,29)25-11-9-24(10-12-25)20(26)16-13-32-19(23-16)14-5-3-4-6-15(14)22/h3-8,13H,2,9-12H2,1H3. The minimum absolute atomic E-state index is 0.0494. The van der Waals surface area contributed by atoms with Gasteiger partial charge < -0.3 is 14.1 Å². The van der Waals surface area contributed by atoms with E-state index in [0.717, 1.165) is 11.3 Å². The first-order valence-corrected chi connectivity index (χ1v) is 12.4. The highest BCUT2D eigenvalue weighted by Crippen LogP contribution is 2.27. The highest BCUT2D eigenvalue weighted by atomic mass is 32.2. The molecule has 0 atom stereocenters. The van der Waals surface area contributed by atoms with Gasteiger partial charge in [-0.15, -0.1) is 11.3 Å². The van der Waals surface area contributed by atoms with E-state index in [2.05, 4.69) is 4.98 Å². The fourth-order valence-corrected chi connectivity index (χ4v) is 5.48. The lowest BCUT2D eigenvalue weighted by molar-refractivity contribution is 0.0483. The molecule has 0 bridgehead atoms. The van der Waals surface area contributed by atoms with Crippen molar-refractivity contribution in [2.45, 2.75) is 12.0 Å². The van der Waals surface area contributed by atoms with Crippen molar-refractivity contribution >= 4 is 33.2 Å². The molecular formula is C21H20FN3O6S2. The monoisotopic (exact) mass is 493 g/mol. The summed E-state index contributed by atoms with van der Waals surface area (Å²) in [5.74, 6) is -1.71. The van der Waals surface area contributed by atoms with Crippen molar-refractivity contribution in [3.63, 3.8) is 0 Å². The number of benzene rings is 1. The van der Waals surface area contributed by atoms with Crippen LogP contribution >= 0.6 is 11.3 Å². The van der Waals surface area contributed by atoms with E-state index >= 15 is 0 Å². The summed E-state index contributed by atoms with van der Waals surface area (Å²) in [7, 11) is -3.97. The van der Waals surface area contributed by atoms with E-state index < -0.39 is 21.8 Å². The maximum Gasteiger partial charge on any atom is 0.374 e. The summed E-state index contributed by atoms with van der Waals surface area (Å²) >= 11 is 1.16. The van der Waals surface area contributed by atoms with E-state index in [0.29, 0.717) is 10.6 Å². The average Bonchev–Trinajstić information content (AvgIpc) is 3.50. The van der Waals surface area contributed by atoms with Crippen molar-refractivity contribution in [2.75, 3.05) is 32.8 Å². The molecule has 1 fully saturated rings. The van der Waals surface area contributed by atoms with Crippen LogP contribution in [-0.2, 0) is 14.8 Å². The molecule has 0 aliphatic carbocycles. The number of carbonyl (C=O) groups excluding carboxylic acids is 2. The number of amides is 1. The van der Waals surface area contributed by atoms with Crippen LogP contribution in [0.25, 0.3) is 10.6 Å². The van der Waals surface area contributed by atoms with Crippen LogP contribution in [0.15, 0.2) is 51.3 Å². The third kappa shape index (κ3) is 4.68. The number of aromatic nitrogens is 1. The van der Waals surface area contributed by atoms with Crippen molar-refractivity contribution in [3.05, 3.63) is 59.0 Å². The smallest absolute Gasteiger partial charge is 0.374 e. The molecule has 1 aromatic carbocycles. The van der Waals surface area contributed by atoms with Gasteiger partial charge in [-0.3, -0.25) is 4.79 Å². The largest absolute Gasteiger partial charge is 0.460 e. The van der Waals surface area contributed by atoms with Gasteiger partial charge in [0, 0.05) is 37.1 Å². The molecule has 0 spiro atoms. The van der Waals surface area contributed by atoms with Crippen LogP contribution in [0.3, 0.4) is 0 Å². The topological polar surface area (TPSA) is 110 Å². The fourth-order valence-electron chi connectivity index (χ4n) is 3.32. The van der Waals surface area contributed by atoms with Gasteiger partial charge >= 0.3 is 5.97 Å². The molecule has 1 aliphatic rings. The second-order valence-corrected chi connectivity index (χ2v) is 9.78. The summed E-state index contributed by atoms with van der Waals surface area (Å²) < 4.78 is 50.9.